The fourth-order valence-corrected chi connectivity index (χ4v) is 1.70. The van der Waals surface area contributed by atoms with E-state index in [1.54, 1.807) is 6.26 Å². The molecule has 2 N–H and O–H groups in total. The van der Waals surface area contributed by atoms with Crippen LogP contribution in [0.3, 0.4) is 0 Å². The van der Waals surface area contributed by atoms with E-state index in [1.807, 2.05) is 7.05 Å². The van der Waals surface area contributed by atoms with Crippen LogP contribution in [0.15, 0.2) is 10.7 Å². The number of aromatic nitrogens is 1. The lowest BCUT2D eigenvalue weighted by Gasteiger charge is -2.05. The van der Waals surface area contributed by atoms with Gasteiger partial charge in [-0.05, 0) is 33.4 Å². The second-order valence-electron chi connectivity index (χ2n) is 3.77. The van der Waals surface area contributed by atoms with E-state index in [1.165, 1.54) is 6.42 Å². The van der Waals surface area contributed by atoms with E-state index in [4.69, 9.17) is 4.42 Å². The molecule has 2 atom stereocenters. The van der Waals surface area contributed by atoms with E-state index >= 15 is 0 Å². The summed E-state index contributed by atoms with van der Waals surface area (Å²) in [6.45, 7) is 3.15. The molecule has 0 saturated carbocycles. The Morgan fingerprint density at radius 1 is 1.71 bits per heavy atom. The first-order valence-electron chi connectivity index (χ1n) is 5.17. The molecule has 1 aliphatic heterocycles. The van der Waals surface area contributed by atoms with Gasteiger partial charge >= 0.3 is 0 Å². The number of oxazole rings is 1. The zero-order chi connectivity index (χ0) is 9.97. The van der Waals surface area contributed by atoms with Crippen LogP contribution in [0.1, 0.15) is 43.4 Å². The Kier molecular flexibility index (Phi) is 2.84. The predicted molar refractivity (Wildman–Crippen MR) is 54.0 cm³/mol. The largest absolute Gasteiger partial charge is 0.447 e. The molecule has 4 heteroatoms. The molecule has 0 bridgehead atoms. The number of hydrogen-bond acceptors (Lipinski definition) is 4. The monoisotopic (exact) mass is 195 g/mol. The second-order valence-corrected chi connectivity index (χ2v) is 3.77. The van der Waals surface area contributed by atoms with Gasteiger partial charge in [-0.25, -0.2) is 4.98 Å². The first-order chi connectivity index (χ1) is 6.81. The van der Waals surface area contributed by atoms with Crippen molar-refractivity contribution < 1.29 is 4.42 Å². The quantitative estimate of drug-likeness (QED) is 0.765. The molecule has 1 aromatic heterocycles. The van der Waals surface area contributed by atoms with E-state index in [-0.39, 0.29) is 6.04 Å². The Bertz CT molecular complexity index is 291. The Morgan fingerprint density at radius 3 is 3.21 bits per heavy atom. The van der Waals surface area contributed by atoms with Gasteiger partial charge in [0.25, 0.3) is 0 Å². The Labute approximate surface area is 84.1 Å². The molecule has 1 saturated heterocycles. The molecule has 0 radical (unpaired) electrons. The standard InChI is InChI=1S/C10H17N3O/c1-7(11-2)9-6-14-10(13-9)8-4-3-5-12-8/h6-8,11-12H,3-5H2,1-2H3. The van der Waals surface area contributed by atoms with E-state index in [2.05, 4.69) is 22.5 Å². The minimum atomic E-state index is 0.258. The van der Waals surface area contributed by atoms with E-state index in [0.29, 0.717) is 6.04 Å². The van der Waals surface area contributed by atoms with Gasteiger partial charge in [0, 0.05) is 6.04 Å². The highest BCUT2D eigenvalue weighted by Crippen LogP contribution is 2.23. The summed E-state index contributed by atoms with van der Waals surface area (Å²) in [5.41, 5.74) is 0.983. The normalized spacial score (nSPS) is 24.0. The van der Waals surface area contributed by atoms with E-state index in [9.17, 15) is 0 Å². The molecule has 0 aliphatic carbocycles. The maximum absolute atomic E-state index is 5.46. The second kappa shape index (κ2) is 4.11. The van der Waals surface area contributed by atoms with Crippen molar-refractivity contribution in [2.75, 3.05) is 13.6 Å². The van der Waals surface area contributed by atoms with Crippen molar-refractivity contribution in [2.45, 2.75) is 31.8 Å². The van der Waals surface area contributed by atoms with Crippen LogP contribution < -0.4 is 10.6 Å². The smallest absolute Gasteiger partial charge is 0.211 e. The van der Waals surface area contributed by atoms with Gasteiger partial charge in [0.15, 0.2) is 0 Å². The van der Waals surface area contributed by atoms with Gasteiger partial charge in [-0.15, -0.1) is 0 Å². The number of hydrogen-bond donors (Lipinski definition) is 2. The predicted octanol–water partition coefficient (Wildman–Crippen LogP) is 1.38. The van der Waals surface area contributed by atoms with Gasteiger partial charge in [-0.2, -0.15) is 0 Å². The fourth-order valence-electron chi connectivity index (χ4n) is 1.70. The van der Waals surface area contributed by atoms with Gasteiger partial charge in [-0.1, -0.05) is 0 Å². The lowest BCUT2D eigenvalue weighted by atomic mass is 10.2. The Balaban J connectivity index is 2.08. The molecule has 1 aromatic rings. The third-order valence-corrected chi connectivity index (χ3v) is 2.77. The third-order valence-electron chi connectivity index (χ3n) is 2.77. The van der Waals surface area contributed by atoms with Crippen LogP contribution in [-0.2, 0) is 0 Å². The summed E-state index contributed by atoms with van der Waals surface area (Å²) in [6.07, 6.45) is 4.09. The molecule has 14 heavy (non-hydrogen) atoms. The van der Waals surface area contributed by atoms with Crippen LogP contribution in [0.2, 0.25) is 0 Å². The van der Waals surface area contributed by atoms with Crippen LogP contribution in [0.25, 0.3) is 0 Å². The molecule has 2 heterocycles. The summed E-state index contributed by atoms with van der Waals surface area (Å²) in [4.78, 5) is 4.47. The maximum atomic E-state index is 5.46. The zero-order valence-electron chi connectivity index (χ0n) is 8.71. The van der Waals surface area contributed by atoms with Gasteiger partial charge in [0.1, 0.15) is 6.26 Å². The molecule has 0 aromatic carbocycles. The topological polar surface area (TPSA) is 50.1 Å². The minimum Gasteiger partial charge on any atom is -0.447 e. The van der Waals surface area contributed by atoms with E-state index < -0.39 is 0 Å². The summed E-state index contributed by atoms with van der Waals surface area (Å²) in [6, 6.07) is 0.585. The first kappa shape index (κ1) is 9.68. The summed E-state index contributed by atoms with van der Waals surface area (Å²) in [7, 11) is 1.92. The highest BCUT2D eigenvalue weighted by atomic mass is 16.3. The Morgan fingerprint density at radius 2 is 2.57 bits per heavy atom. The summed E-state index contributed by atoms with van der Waals surface area (Å²) < 4.78 is 5.46. The van der Waals surface area contributed by atoms with Crippen molar-refractivity contribution in [3.63, 3.8) is 0 Å². The number of nitrogens with one attached hydrogen (secondary N) is 2. The van der Waals surface area contributed by atoms with Crippen molar-refractivity contribution >= 4 is 0 Å². The molecule has 2 rings (SSSR count). The summed E-state index contributed by atoms with van der Waals surface area (Å²) in [5, 5.41) is 6.51. The summed E-state index contributed by atoms with van der Waals surface area (Å²) >= 11 is 0. The van der Waals surface area contributed by atoms with Crippen LogP contribution in [0.5, 0.6) is 0 Å². The minimum absolute atomic E-state index is 0.258. The molecular weight excluding hydrogens is 178 g/mol. The van der Waals surface area contributed by atoms with Crippen LogP contribution >= 0.6 is 0 Å². The summed E-state index contributed by atoms with van der Waals surface area (Å²) in [5.74, 6) is 0.833. The fraction of sp³-hybridized carbons (Fsp3) is 0.700. The first-order valence-corrected chi connectivity index (χ1v) is 5.17. The lowest BCUT2D eigenvalue weighted by molar-refractivity contribution is 0.429. The molecular formula is C10H17N3O. The number of nitrogens with zero attached hydrogens (tertiary/aromatic N) is 1. The zero-order valence-corrected chi connectivity index (χ0v) is 8.71. The van der Waals surface area contributed by atoms with Crippen molar-refractivity contribution in [3.05, 3.63) is 17.8 Å². The van der Waals surface area contributed by atoms with Crippen molar-refractivity contribution in [2.24, 2.45) is 0 Å². The highest BCUT2D eigenvalue weighted by molar-refractivity contribution is 5.05. The van der Waals surface area contributed by atoms with E-state index in [0.717, 1.165) is 24.6 Å². The molecule has 1 aliphatic rings. The van der Waals surface area contributed by atoms with Gasteiger partial charge in [-0.3, -0.25) is 0 Å². The van der Waals surface area contributed by atoms with Crippen molar-refractivity contribution in [1.82, 2.24) is 15.6 Å². The SMILES string of the molecule is CNC(C)c1coc(C2CCCN2)n1. The number of rotatable bonds is 3. The van der Waals surface area contributed by atoms with Crippen molar-refractivity contribution in [3.8, 4) is 0 Å². The molecule has 4 nitrogen and oxygen atoms in total. The van der Waals surface area contributed by atoms with Gasteiger partial charge in [0.05, 0.1) is 11.7 Å². The molecule has 0 spiro atoms. The van der Waals surface area contributed by atoms with Gasteiger partial charge in [0.2, 0.25) is 5.89 Å². The van der Waals surface area contributed by atoms with Crippen LogP contribution in [-0.4, -0.2) is 18.6 Å². The van der Waals surface area contributed by atoms with Gasteiger partial charge < -0.3 is 15.1 Å². The highest BCUT2D eigenvalue weighted by Gasteiger charge is 2.21. The molecule has 2 unspecified atom stereocenters. The third kappa shape index (κ3) is 1.81. The maximum Gasteiger partial charge on any atom is 0.211 e. The molecule has 78 valence electrons. The van der Waals surface area contributed by atoms with Crippen LogP contribution in [0.4, 0.5) is 0 Å². The lowest BCUT2D eigenvalue weighted by Crippen LogP contribution is -2.15. The molecule has 0 amide bonds. The average molecular weight is 195 g/mol. The Hall–Kier alpha value is -0.870. The molecule has 1 fully saturated rings. The average Bonchev–Trinajstić information content (AvgIpc) is 2.86. The van der Waals surface area contributed by atoms with Crippen LogP contribution in [0, 0.1) is 0 Å². The van der Waals surface area contributed by atoms with Crippen molar-refractivity contribution in [1.29, 1.82) is 0 Å².